The largest absolute Gasteiger partial charge is 0.291 e. The molecule has 3 aromatic heterocycles. The van der Waals surface area contributed by atoms with Crippen molar-refractivity contribution in [3.05, 3.63) is 88.4 Å². The van der Waals surface area contributed by atoms with Gasteiger partial charge in [-0.1, -0.05) is 24.3 Å². The van der Waals surface area contributed by atoms with Crippen LogP contribution >= 0.6 is 0 Å². The fourth-order valence-corrected chi connectivity index (χ4v) is 3.55. The van der Waals surface area contributed by atoms with Crippen molar-refractivity contribution in [3.63, 3.8) is 0 Å². The molecule has 0 aliphatic carbocycles. The summed E-state index contributed by atoms with van der Waals surface area (Å²) in [4.78, 5) is 17.6. The fraction of sp³-hybridized carbons (Fsp3) is 0.143. The van der Waals surface area contributed by atoms with E-state index < -0.39 is 0 Å². The third-order valence-corrected chi connectivity index (χ3v) is 4.85. The molecule has 0 amide bonds. The Morgan fingerprint density at radius 3 is 2.47 bits per heavy atom. The third-order valence-electron chi connectivity index (χ3n) is 4.85. The third kappa shape index (κ3) is 3.06. The summed E-state index contributed by atoms with van der Waals surface area (Å²) in [5, 5.41) is 16.7. The number of fused-ring (bicyclic) bond motifs is 1. The highest BCUT2D eigenvalue weighted by Gasteiger charge is 2.15. The molecule has 5 rings (SSSR count). The molecular weight excluding hydrogens is 380 g/mol. The number of rotatable bonds is 4. The van der Waals surface area contributed by atoms with Gasteiger partial charge in [-0.25, -0.2) is 9.67 Å². The summed E-state index contributed by atoms with van der Waals surface area (Å²) < 4.78 is 4.78. The van der Waals surface area contributed by atoms with Crippen LogP contribution in [-0.4, -0.2) is 39.5 Å². The van der Waals surface area contributed by atoms with Crippen LogP contribution in [-0.2, 0) is 6.54 Å². The van der Waals surface area contributed by atoms with Crippen molar-refractivity contribution in [1.82, 2.24) is 39.5 Å². The second-order valence-corrected chi connectivity index (χ2v) is 7.16. The summed E-state index contributed by atoms with van der Waals surface area (Å²) in [5.41, 5.74) is 4.26. The van der Waals surface area contributed by atoms with Gasteiger partial charge in [0.25, 0.3) is 5.56 Å². The van der Waals surface area contributed by atoms with Gasteiger partial charge < -0.3 is 0 Å². The van der Waals surface area contributed by atoms with E-state index in [4.69, 9.17) is 0 Å². The first-order valence-electron chi connectivity index (χ1n) is 9.45. The van der Waals surface area contributed by atoms with E-state index in [2.05, 4.69) is 31.7 Å². The van der Waals surface area contributed by atoms with Gasteiger partial charge in [0.1, 0.15) is 11.7 Å². The topological polar surface area (TPSA) is 96.3 Å². The van der Waals surface area contributed by atoms with Gasteiger partial charge in [0.05, 0.1) is 24.1 Å². The minimum atomic E-state index is -0.196. The van der Waals surface area contributed by atoms with Crippen LogP contribution in [0.1, 0.15) is 17.0 Å². The first-order valence-corrected chi connectivity index (χ1v) is 9.45. The molecule has 0 radical (unpaired) electrons. The number of hydrogen-bond acceptors (Lipinski definition) is 6. The van der Waals surface area contributed by atoms with Crippen molar-refractivity contribution in [2.75, 3.05) is 0 Å². The Morgan fingerprint density at radius 2 is 1.70 bits per heavy atom. The molecular formula is C21H18N8O. The number of benzene rings is 2. The highest BCUT2D eigenvalue weighted by Crippen LogP contribution is 2.17. The minimum Gasteiger partial charge on any atom is -0.291 e. The highest BCUT2D eigenvalue weighted by atomic mass is 16.1. The molecule has 9 nitrogen and oxygen atoms in total. The number of nitrogens with zero attached hydrogens (tertiary/aromatic N) is 8. The second kappa shape index (κ2) is 7.03. The average Bonchev–Trinajstić information content (AvgIpc) is 3.37. The molecule has 3 heterocycles. The van der Waals surface area contributed by atoms with Crippen molar-refractivity contribution in [1.29, 1.82) is 0 Å². The maximum Gasteiger partial charge on any atom is 0.264 e. The number of hydrogen-bond donors (Lipinski definition) is 0. The quantitative estimate of drug-likeness (QED) is 0.461. The lowest BCUT2D eigenvalue weighted by atomic mass is 10.1. The van der Waals surface area contributed by atoms with E-state index >= 15 is 0 Å². The normalized spacial score (nSPS) is 11.3. The lowest BCUT2D eigenvalue weighted by Gasteiger charge is -2.08. The zero-order valence-electron chi connectivity index (χ0n) is 16.5. The maximum absolute atomic E-state index is 13.1. The molecule has 0 saturated heterocycles. The van der Waals surface area contributed by atoms with E-state index in [1.165, 1.54) is 10.9 Å². The van der Waals surface area contributed by atoms with Gasteiger partial charge in [-0.15, -0.1) is 5.10 Å². The van der Waals surface area contributed by atoms with E-state index in [1.807, 2.05) is 56.3 Å². The molecule has 0 unspecified atom stereocenters. The summed E-state index contributed by atoms with van der Waals surface area (Å²) in [6, 6.07) is 15.6. The smallest absolute Gasteiger partial charge is 0.264 e. The van der Waals surface area contributed by atoms with Crippen molar-refractivity contribution >= 4 is 11.0 Å². The number of tetrazole rings is 1. The first kappa shape index (κ1) is 17.9. The average molecular weight is 398 g/mol. The Labute approximate surface area is 171 Å². The molecule has 148 valence electrons. The minimum absolute atomic E-state index is 0.193. The Kier molecular flexibility index (Phi) is 4.20. The van der Waals surface area contributed by atoms with Crippen LogP contribution < -0.4 is 5.56 Å². The van der Waals surface area contributed by atoms with E-state index in [0.29, 0.717) is 16.9 Å². The predicted octanol–water partition coefficient (Wildman–Crippen LogP) is 2.22. The van der Waals surface area contributed by atoms with Crippen molar-refractivity contribution in [2.24, 2.45) is 0 Å². The molecule has 0 aliphatic rings. The van der Waals surface area contributed by atoms with Crippen molar-refractivity contribution in [2.45, 2.75) is 20.4 Å². The van der Waals surface area contributed by atoms with Gasteiger partial charge in [0, 0.05) is 0 Å². The van der Waals surface area contributed by atoms with Crippen molar-refractivity contribution < 1.29 is 0 Å². The monoisotopic (exact) mass is 398 g/mol. The fourth-order valence-electron chi connectivity index (χ4n) is 3.55. The highest BCUT2D eigenvalue weighted by molar-refractivity contribution is 5.75. The van der Waals surface area contributed by atoms with Gasteiger partial charge in [-0.05, 0) is 59.7 Å². The lowest BCUT2D eigenvalue weighted by molar-refractivity contribution is 0.674. The summed E-state index contributed by atoms with van der Waals surface area (Å²) >= 11 is 0. The number of para-hydroxylation sites is 1. The molecule has 5 aromatic rings. The zero-order valence-corrected chi connectivity index (χ0v) is 16.5. The van der Waals surface area contributed by atoms with E-state index in [9.17, 15) is 4.79 Å². The van der Waals surface area contributed by atoms with Crippen LogP contribution in [0.3, 0.4) is 0 Å². The van der Waals surface area contributed by atoms with E-state index in [-0.39, 0.29) is 12.1 Å². The van der Waals surface area contributed by atoms with Gasteiger partial charge >= 0.3 is 0 Å². The standard InChI is InChI=1S/C21H18N8O/c1-14-8-15(2)10-17(9-14)29-20-18(11-23-29)21(30)27(13-22-20)12-19-24-25-26-28(19)16-6-4-3-5-7-16/h3-11,13H,12H2,1-2H3. The lowest BCUT2D eigenvalue weighted by Crippen LogP contribution is -2.23. The first-order chi connectivity index (χ1) is 14.6. The number of aromatic nitrogens is 8. The zero-order chi connectivity index (χ0) is 20.7. The molecule has 0 bridgehead atoms. The second-order valence-electron chi connectivity index (χ2n) is 7.16. The Balaban J connectivity index is 1.55. The molecule has 0 N–H and O–H groups in total. The van der Waals surface area contributed by atoms with Gasteiger partial charge in [0.15, 0.2) is 11.5 Å². The Bertz CT molecular complexity index is 1390. The Hall–Kier alpha value is -4.14. The number of aryl methyl sites for hydroxylation is 2. The summed E-state index contributed by atoms with van der Waals surface area (Å²) in [5.74, 6) is 0.533. The molecule has 0 aliphatic heterocycles. The van der Waals surface area contributed by atoms with Crippen LogP contribution in [0.15, 0.2) is 65.8 Å². The van der Waals surface area contributed by atoms with E-state index in [1.54, 1.807) is 15.6 Å². The van der Waals surface area contributed by atoms with Crippen LogP contribution in [0.2, 0.25) is 0 Å². The Morgan fingerprint density at radius 1 is 0.933 bits per heavy atom. The van der Waals surface area contributed by atoms with Crippen LogP contribution in [0.5, 0.6) is 0 Å². The molecule has 9 heteroatoms. The van der Waals surface area contributed by atoms with Crippen LogP contribution in [0.4, 0.5) is 0 Å². The van der Waals surface area contributed by atoms with Crippen molar-refractivity contribution in [3.8, 4) is 11.4 Å². The summed E-state index contributed by atoms with van der Waals surface area (Å²) in [7, 11) is 0. The SMILES string of the molecule is Cc1cc(C)cc(-n2ncc3c(=O)n(Cc4nnnn4-c4ccccc4)cnc32)c1. The van der Waals surface area contributed by atoms with Gasteiger partial charge in [0.2, 0.25) is 0 Å². The van der Waals surface area contributed by atoms with Gasteiger partial charge in [-0.3, -0.25) is 9.36 Å². The predicted molar refractivity (Wildman–Crippen MR) is 111 cm³/mol. The maximum atomic E-state index is 13.1. The van der Waals surface area contributed by atoms with Crippen LogP contribution in [0.25, 0.3) is 22.4 Å². The van der Waals surface area contributed by atoms with E-state index in [0.717, 1.165) is 22.5 Å². The molecule has 30 heavy (non-hydrogen) atoms. The molecule has 0 atom stereocenters. The molecule has 0 spiro atoms. The molecule has 2 aromatic carbocycles. The summed E-state index contributed by atoms with van der Waals surface area (Å²) in [6.45, 7) is 4.25. The summed E-state index contributed by atoms with van der Waals surface area (Å²) in [6.07, 6.45) is 3.06. The molecule has 0 fully saturated rings. The van der Waals surface area contributed by atoms with Crippen LogP contribution in [0, 0.1) is 13.8 Å². The molecule has 0 saturated carbocycles. The van der Waals surface area contributed by atoms with Gasteiger partial charge in [-0.2, -0.15) is 9.78 Å².